The summed E-state index contributed by atoms with van der Waals surface area (Å²) in [6.45, 7) is 1.65. The first-order valence-electron chi connectivity index (χ1n) is 4.74. The number of halogens is 1. The van der Waals surface area contributed by atoms with E-state index < -0.39 is 5.97 Å². The Balaban J connectivity index is 3.38. The second-order valence-electron chi connectivity index (χ2n) is 3.23. The average molecular weight is 285 g/mol. The molecule has 0 aromatic heterocycles. The lowest BCUT2D eigenvalue weighted by Gasteiger charge is -2.10. The SMILES string of the molecule is COC(C)=C(C(=O)O)c1ccccc1CBr. The van der Waals surface area contributed by atoms with Crippen molar-refractivity contribution in [1.29, 1.82) is 0 Å². The third kappa shape index (κ3) is 2.64. The van der Waals surface area contributed by atoms with Crippen molar-refractivity contribution in [2.75, 3.05) is 7.11 Å². The highest BCUT2D eigenvalue weighted by molar-refractivity contribution is 9.08. The van der Waals surface area contributed by atoms with Crippen LogP contribution < -0.4 is 0 Å². The van der Waals surface area contributed by atoms with Gasteiger partial charge in [-0.25, -0.2) is 4.79 Å². The molecule has 0 atom stereocenters. The number of carboxylic acids is 1. The molecular weight excluding hydrogens is 272 g/mol. The van der Waals surface area contributed by atoms with Crippen molar-refractivity contribution in [3.05, 3.63) is 41.2 Å². The van der Waals surface area contributed by atoms with Gasteiger partial charge in [-0.15, -0.1) is 0 Å². The van der Waals surface area contributed by atoms with E-state index in [9.17, 15) is 9.90 Å². The number of hydrogen-bond acceptors (Lipinski definition) is 2. The van der Waals surface area contributed by atoms with E-state index in [0.29, 0.717) is 16.7 Å². The minimum absolute atomic E-state index is 0.206. The lowest BCUT2D eigenvalue weighted by Crippen LogP contribution is -2.05. The molecule has 0 aliphatic carbocycles. The highest BCUT2D eigenvalue weighted by Crippen LogP contribution is 2.24. The summed E-state index contributed by atoms with van der Waals surface area (Å²) in [5.74, 6) is -0.575. The zero-order chi connectivity index (χ0) is 12.1. The van der Waals surface area contributed by atoms with E-state index in [4.69, 9.17) is 4.74 Å². The smallest absolute Gasteiger partial charge is 0.339 e. The van der Waals surface area contributed by atoms with E-state index >= 15 is 0 Å². The Hall–Kier alpha value is -1.29. The molecule has 0 heterocycles. The zero-order valence-electron chi connectivity index (χ0n) is 9.16. The molecule has 1 N–H and O–H groups in total. The summed E-state index contributed by atoms with van der Waals surface area (Å²) < 4.78 is 5.01. The Kier molecular flexibility index (Phi) is 4.55. The van der Waals surface area contributed by atoms with Crippen LogP contribution in [0.5, 0.6) is 0 Å². The van der Waals surface area contributed by atoms with Gasteiger partial charge in [-0.2, -0.15) is 0 Å². The van der Waals surface area contributed by atoms with Crippen molar-refractivity contribution in [3.8, 4) is 0 Å². The molecule has 86 valence electrons. The molecule has 0 aliphatic rings. The second kappa shape index (κ2) is 5.70. The summed E-state index contributed by atoms with van der Waals surface area (Å²) >= 11 is 3.34. The summed E-state index contributed by atoms with van der Waals surface area (Å²) in [4.78, 5) is 11.2. The van der Waals surface area contributed by atoms with Gasteiger partial charge in [0.05, 0.1) is 7.11 Å². The van der Waals surface area contributed by atoms with Crippen molar-refractivity contribution < 1.29 is 14.6 Å². The number of hydrogen-bond donors (Lipinski definition) is 1. The maximum absolute atomic E-state index is 11.2. The van der Waals surface area contributed by atoms with Crippen LogP contribution >= 0.6 is 15.9 Å². The molecule has 3 nitrogen and oxygen atoms in total. The lowest BCUT2D eigenvalue weighted by molar-refractivity contribution is -0.130. The fourth-order valence-electron chi connectivity index (χ4n) is 1.44. The van der Waals surface area contributed by atoms with Crippen molar-refractivity contribution >= 4 is 27.5 Å². The lowest BCUT2D eigenvalue weighted by atomic mass is 10.00. The zero-order valence-corrected chi connectivity index (χ0v) is 10.7. The van der Waals surface area contributed by atoms with Crippen molar-refractivity contribution in [3.63, 3.8) is 0 Å². The first-order chi connectivity index (χ1) is 7.61. The van der Waals surface area contributed by atoms with Gasteiger partial charge < -0.3 is 9.84 Å². The molecule has 0 aliphatic heterocycles. The number of alkyl halides is 1. The first kappa shape index (κ1) is 12.8. The van der Waals surface area contributed by atoms with E-state index in [2.05, 4.69) is 15.9 Å². The van der Waals surface area contributed by atoms with Crippen LogP contribution in [0, 0.1) is 0 Å². The molecule has 0 amide bonds. The van der Waals surface area contributed by atoms with Gasteiger partial charge in [-0.05, 0) is 18.1 Å². The highest BCUT2D eigenvalue weighted by Gasteiger charge is 2.17. The van der Waals surface area contributed by atoms with Crippen LogP contribution in [0.1, 0.15) is 18.1 Å². The predicted octanol–water partition coefficient (Wildman–Crippen LogP) is 3.04. The van der Waals surface area contributed by atoms with Gasteiger partial charge in [0.2, 0.25) is 0 Å². The Bertz CT molecular complexity index is 424. The molecule has 1 aromatic rings. The largest absolute Gasteiger partial charge is 0.500 e. The fourth-order valence-corrected chi connectivity index (χ4v) is 1.93. The predicted molar refractivity (Wildman–Crippen MR) is 66.3 cm³/mol. The molecule has 0 unspecified atom stereocenters. The minimum Gasteiger partial charge on any atom is -0.500 e. The van der Waals surface area contributed by atoms with Crippen LogP contribution in [0.25, 0.3) is 5.57 Å². The molecule has 0 saturated heterocycles. The number of benzene rings is 1. The molecule has 0 fully saturated rings. The van der Waals surface area contributed by atoms with E-state index in [1.807, 2.05) is 18.2 Å². The van der Waals surface area contributed by atoms with Crippen LogP contribution in [0.2, 0.25) is 0 Å². The first-order valence-corrected chi connectivity index (χ1v) is 5.86. The Morgan fingerprint density at radius 1 is 1.44 bits per heavy atom. The van der Waals surface area contributed by atoms with Crippen molar-refractivity contribution in [2.45, 2.75) is 12.3 Å². The molecular formula is C12H13BrO3. The van der Waals surface area contributed by atoms with E-state index in [-0.39, 0.29) is 5.57 Å². The van der Waals surface area contributed by atoms with E-state index in [0.717, 1.165) is 5.56 Å². The Morgan fingerprint density at radius 2 is 2.06 bits per heavy atom. The molecule has 1 aromatic carbocycles. The van der Waals surface area contributed by atoms with Crippen LogP contribution in [-0.4, -0.2) is 18.2 Å². The van der Waals surface area contributed by atoms with Gasteiger partial charge in [-0.1, -0.05) is 40.2 Å². The topological polar surface area (TPSA) is 46.5 Å². The fraction of sp³-hybridized carbons (Fsp3) is 0.250. The number of carbonyl (C=O) groups is 1. The summed E-state index contributed by atoms with van der Waals surface area (Å²) in [6.07, 6.45) is 0. The van der Waals surface area contributed by atoms with Crippen molar-refractivity contribution in [2.24, 2.45) is 0 Å². The maximum atomic E-state index is 11.2. The van der Waals surface area contributed by atoms with Crippen LogP contribution in [0.15, 0.2) is 30.0 Å². The van der Waals surface area contributed by atoms with Gasteiger partial charge in [-0.3, -0.25) is 0 Å². The third-order valence-electron chi connectivity index (χ3n) is 2.30. The molecule has 0 saturated carbocycles. The third-order valence-corrected chi connectivity index (χ3v) is 2.91. The monoisotopic (exact) mass is 284 g/mol. The van der Waals surface area contributed by atoms with Crippen LogP contribution in [0.3, 0.4) is 0 Å². The van der Waals surface area contributed by atoms with E-state index in [1.165, 1.54) is 7.11 Å². The molecule has 16 heavy (non-hydrogen) atoms. The standard InChI is InChI=1S/C12H13BrO3/c1-8(16-2)11(12(14)15)10-6-4-3-5-9(10)7-13/h3-6H,7H2,1-2H3,(H,14,15). The molecule has 0 spiro atoms. The maximum Gasteiger partial charge on any atom is 0.339 e. The molecule has 0 radical (unpaired) electrons. The van der Waals surface area contributed by atoms with Crippen LogP contribution in [-0.2, 0) is 14.9 Å². The van der Waals surface area contributed by atoms with Gasteiger partial charge >= 0.3 is 5.97 Å². The Labute approximate surface area is 103 Å². The quantitative estimate of drug-likeness (QED) is 0.525. The number of rotatable bonds is 4. The molecule has 0 bridgehead atoms. The van der Waals surface area contributed by atoms with Crippen LogP contribution in [0.4, 0.5) is 0 Å². The summed E-state index contributed by atoms with van der Waals surface area (Å²) in [6, 6.07) is 7.35. The number of carboxylic acid groups (broad SMARTS) is 1. The Morgan fingerprint density at radius 3 is 2.56 bits per heavy atom. The highest BCUT2D eigenvalue weighted by atomic mass is 79.9. The van der Waals surface area contributed by atoms with Crippen molar-refractivity contribution in [1.82, 2.24) is 0 Å². The average Bonchev–Trinajstić information content (AvgIpc) is 2.29. The van der Waals surface area contributed by atoms with Gasteiger partial charge in [0.25, 0.3) is 0 Å². The number of aliphatic carboxylic acids is 1. The molecule has 1 rings (SSSR count). The number of allylic oxidation sites excluding steroid dienone is 1. The van der Waals surface area contributed by atoms with Gasteiger partial charge in [0.15, 0.2) is 0 Å². The minimum atomic E-state index is -0.979. The number of methoxy groups -OCH3 is 1. The van der Waals surface area contributed by atoms with Gasteiger partial charge in [0.1, 0.15) is 11.3 Å². The summed E-state index contributed by atoms with van der Waals surface area (Å²) in [5.41, 5.74) is 1.82. The summed E-state index contributed by atoms with van der Waals surface area (Å²) in [5, 5.41) is 9.80. The number of ether oxygens (including phenoxy) is 1. The summed E-state index contributed by atoms with van der Waals surface area (Å²) in [7, 11) is 1.47. The van der Waals surface area contributed by atoms with Gasteiger partial charge in [0, 0.05) is 5.33 Å². The second-order valence-corrected chi connectivity index (χ2v) is 3.79. The molecule has 4 heteroatoms. The van der Waals surface area contributed by atoms with E-state index in [1.54, 1.807) is 13.0 Å². The normalized spacial score (nSPS) is 11.9.